The number of anilines is 1. The number of aryl methyl sites for hydroxylation is 1. The molecule has 0 bridgehead atoms. The average Bonchev–Trinajstić information content (AvgIpc) is 3.01. The van der Waals surface area contributed by atoms with Gasteiger partial charge in [-0.2, -0.15) is 4.31 Å². The van der Waals surface area contributed by atoms with E-state index in [9.17, 15) is 13.2 Å². The fourth-order valence-electron chi connectivity index (χ4n) is 3.41. The molecule has 1 N–H and O–H groups in total. The first-order chi connectivity index (χ1) is 12.3. The minimum atomic E-state index is -3.52. The molecular formula is C19H24N2O4S. The zero-order valence-corrected chi connectivity index (χ0v) is 16.0. The summed E-state index contributed by atoms with van der Waals surface area (Å²) in [5.41, 5.74) is 0.517. The Balaban J connectivity index is 1.73. The van der Waals surface area contributed by atoms with E-state index in [0.717, 1.165) is 6.42 Å². The monoisotopic (exact) mass is 376 g/mol. The molecule has 1 aliphatic rings. The Bertz CT molecular complexity index is 877. The first kappa shape index (κ1) is 18.7. The van der Waals surface area contributed by atoms with E-state index in [1.807, 2.05) is 0 Å². The normalized spacial score (nSPS) is 21.5. The average molecular weight is 376 g/mol. The number of hydrogen-bond acceptors (Lipinski definition) is 4. The summed E-state index contributed by atoms with van der Waals surface area (Å²) in [6.45, 7) is 7.01. The van der Waals surface area contributed by atoms with E-state index in [1.54, 1.807) is 35.5 Å². The van der Waals surface area contributed by atoms with Crippen LogP contribution in [0.4, 0.5) is 5.69 Å². The summed E-state index contributed by atoms with van der Waals surface area (Å²) in [6, 6.07) is 9.56. The Labute approximate surface area is 154 Å². The molecule has 0 spiro atoms. The Morgan fingerprint density at radius 3 is 2.23 bits per heavy atom. The molecule has 1 aliphatic heterocycles. The fraction of sp³-hybridized carbons (Fsp3) is 0.421. The molecule has 1 amide bonds. The molecule has 2 aromatic rings. The molecule has 1 saturated heterocycles. The highest BCUT2D eigenvalue weighted by Gasteiger charge is 2.31. The maximum Gasteiger partial charge on any atom is 0.291 e. The quantitative estimate of drug-likeness (QED) is 0.886. The van der Waals surface area contributed by atoms with E-state index in [1.165, 1.54) is 12.1 Å². The smallest absolute Gasteiger partial charge is 0.291 e. The number of rotatable bonds is 4. The van der Waals surface area contributed by atoms with Gasteiger partial charge in [-0.05, 0) is 61.6 Å². The summed E-state index contributed by atoms with van der Waals surface area (Å²) < 4.78 is 32.6. The van der Waals surface area contributed by atoms with Crippen molar-refractivity contribution in [1.29, 1.82) is 0 Å². The minimum Gasteiger partial charge on any atom is -0.456 e. The third-order valence-corrected chi connectivity index (χ3v) is 6.40. The Kier molecular flexibility index (Phi) is 5.20. The number of carbonyl (C=O) groups is 1. The predicted molar refractivity (Wildman–Crippen MR) is 99.5 cm³/mol. The van der Waals surface area contributed by atoms with Crippen LogP contribution in [0.25, 0.3) is 0 Å². The molecule has 140 valence electrons. The highest BCUT2D eigenvalue weighted by molar-refractivity contribution is 7.89. The van der Waals surface area contributed by atoms with E-state index in [2.05, 4.69) is 19.2 Å². The molecule has 2 heterocycles. The van der Waals surface area contributed by atoms with E-state index in [-0.39, 0.29) is 16.6 Å². The fourth-order valence-corrected chi connectivity index (χ4v) is 5.09. The lowest BCUT2D eigenvalue weighted by molar-refractivity contribution is 0.0995. The molecule has 26 heavy (non-hydrogen) atoms. The summed E-state index contributed by atoms with van der Waals surface area (Å²) in [5.74, 6) is 1.21. The molecule has 1 aromatic heterocycles. The molecule has 1 fully saturated rings. The van der Waals surface area contributed by atoms with Gasteiger partial charge in [0.1, 0.15) is 5.76 Å². The third kappa shape index (κ3) is 3.99. The molecule has 6 nitrogen and oxygen atoms in total. The van der Waals surface area contributed by atoms with Gasteiger partial charge in [-0.25, -0.2) is 8.42 Å². The van der Waals surface area contributed by atoms with Gasteiger partial charge in [0.15, 0.2) is 5.76 Å². The van der Waals surface area contributed by atoms with Crippen molar-refractivity contribution in [2.45, 2.75) is 32.1 Å². The van der Waals surface area contributed by atoms with Crippen molar-refractivity contribution >= 4 is 21.6 Å². The van der Waals surface area contributed by atoms with Crippen LogP contribution in [0.2, 0.25) is 0 Å². The summed E-state index contributed by atoms with van der Waals surface area (Å²) in [6.07, 6.45) is 1.04. The Morgan fingerprint density at radius 2 is 1.69 bits per heavy atom. The second-order valence-electron chi connectivity index (χ2n) is 7.16. The maximum absolute atomic E-state index is 12.9. The number of carbonyl (C=O) groups excluding carboxylic acids is 1. The lowest BCUT2D eigenvalue weighted by Gasteiger charge is -2.34. The number of furan rings is 1. The zero-order valence-electron chi connectivity index (χ0n) is 15.2. The van der Waals surface area contributed by atoms with Gasteiger partial charge in [-0.1, -0.05) is 13.8 Å². The van der Waals surface area contributed by atoms with Crippen LogP contribution in [0, 0.1) is 18.8 Å². The highest BCUT2D eigenvalue weighted by atomic mass is 32.2. The van der Waals surface area contributed by atoms with Gasteiger partial charge >= 0.3 is 0 Å². The number of nitrogens with zero attached hydrogens (tertiary/aromatic N) is 1. The van der Waals surface area contributed by atoms with Crippen molar-refractivity contribution in [3.05, 3.63) is 47.9 Å². The van der Waals surface area contributed by atoms with Crippen LogP contribution in [0.1, 0.15) is 36.6 Å². The number of hydrogen-bond donors (Lipinski definition) is 1. The second-order valence-corrected chi connectivity index (χ2v) is 9.09. The third-order valence-electron chi connectivity index (χ3n) is 4.55. The van der Waals surface area contributed by atoms with Gasteiger partial charge in [0.2, 0.25) is 10.0 Å². The van der Waals surface area contributed by atoms with Crippen molar-refractivity contribution in [3.8, 4) is 0 Å². The Hall–Kier alpha value is -2.12. The standard InChI is InChI=1S/C19H24N2O4S/c1-13-10-14(2)12-21(11-13)26(23,24)17-7-5-16(6-8-17)20-19(22)18-9-4-15(3)25-18/h4-9,13-14H,10-12H2,1-3H3,(H,20,22)/t13-,14-/m1/s1. The van der Waals surface area contributed by atoms with Gasteiger partial charge < -0.3 is 9.73 Å². The van der Waals surface area contributed by atoms with Crippen LogP contribution in [0.15, 0.2) is 45.7 Å². The molecule has 0 unspecified atom stereocenters. The number of amides is 1. The number of sulfonamides is 1. The summed E-state index contributed by atoms with van der Waals surface area (Å²) in [7, 11) is -3.52. The van der Waals surface area contributed by atoms with Gasteiger partial charge in [0.25, 0.3) is 5.91 Å². The van der Waals surface area contributed by atoms with Crippen molar-refractivity contribution in [2.24, 2.45) is 11.8 Å². The van der Waals surface area contributed by atoms with Crippen LogP contribution < -0.4 is 5.32 Å². The van der Waals surface area contributed by atoms with Crippen molar-refractivity contribution < 1.29 is 17.6 Å². The molecule has 1 aromatic carbocycles. The van der Waals surface area contributed by atoms with Crippen molar-refractivity contribution in [3.63, 3.8) is 0 Å². The highest BCUT2D eigenvalue weighted by Crippen LogP contribution is 2.27. The van der Waals surface area contributed by atoms with E-state index >= 15 is 0 Å². The summed E-state index contributed by atoms with van der Waals surface area (Å²) in [4.78, 5) is 12.3. The molecule has 7 heteroatoms. The molecule has 0 aliphatic carbocycles. The van der Waals surface area contributed by atoms with E-state index in [4.69, 9.17) is 4.42 Å². The van der Waals surface area contributed by atoms with Crippen molar-refractivity contribution in [2.75, 3.05) is 18.4 Å². The van der Waals surface area contributed by atoms with E-state index in [0.29, 0.717) is 36.4 Å². The van der Waals surface area contributed by atoms with Crippen LogP contribution in [-0.2, 0) is 10.0 Å². The number of nitrogens with one attached hydrogen (secondary N) is 1. The molecule has 0 saturated carbocycles. The second kappa shape index (κ2) is 7.25. The first-order valence-electron chi connectivity index (χ1n) is 8.73. The SMILES string of the molecule is Cc1ccc(C(=O)Nc2ccc(S(=O)(=O)N3C[C@H](C)C[C@@H](C)C3)cc2)o1. The largest absolute Gasteiger partial charge is 0.456 e. The number of piperidine rings is 1. The summed E-state index contributed by atoms with van der Waals surface area (Å²) in [5, 5.41) is 2.70. The zero-order chi connectivity index (χ0) is 18.9. The predicted octanol–water partition coefficient (Wildman–Crippen LogP) is 3.51. The van der Waals surface area contributed by atoms with Crippen LogP contribution in [-0.4, -0.2) is 31.7 Å². The minimum absolute atomic E-state index is 0.218. The molecule has 2 atom stereocenters. The maximum atomic E-state index is 12.9. The Morgan fingerprint density at radius 1 is 1.08 bits per heavy atom. The van der Waals surface area contributed by atoms with Gasteiger partial charge in [0.05, 0.1) is 4.90 Å². The van der Waals surface area contributed by atoms with Gasteiger partial charge in [-0.3, -0.25) is 4.79 Å². The molecular weight excluding hydrogens is 352 g/mol. The topological polar surface area (TPSA) is 79.6 Å². The van der Waals surface area contributed by atoms with Crippen LogP contribution in [0.5, 0.6) is 0 Å². The van der Waals surface area contributed by atoms with Crippen LogP contribution >= 0.6 is 0 Å². The first-order valence-corrected chi connectivity index (χ1v) is 10.2. The summed E-state index contributed by atoms with van der Waals surface area (Å²) >= 11 is 0. The van der Waals surface area contributed by atoms with Gasteiger partial charge in [0, 0.05) is 18.8 Å². The molecule has 0 radical (unpaired) electrons. The number of benzene rings is 1. The lowest BCUT2D eigenvalue weighted by atomic mass is 9.94. The molecule has 3 rings (SSSR count). The van der Waals surface area contributed by atoms with Crippen molar-refractivity contribution in [1.82, 2.24) is 4.31 Å². The lowest BCUT2D eigenvalue weighted by Crippen LogP contribution is -2.42. The van der Waals surface area contributed by atoms with Gasteiger partial charge in [-0.15, -0.1) is 0 Å². The van der Waals surface area contributed by atoms with Crippen LogP contribution in [0.3, 0.4) is 0 Å². The van der Waals surface area contributed by atoms with E-state index < -0.39 is 10.0 Å².